The summed E-state index contributed by atoms with van der Waals surface area (Å²) in [6.45, 7) is 3.36. The number of benzene rings is 1. The van der Waals surface area contributed by atoms with Crippen molar-refractivity contribution >= 4 is 11.0 Å². The largest absolute Gasteiger partial charge is 0.506 e. The lowest BCUT2D eigenvalue weighted by Gasteiger charge is -2.34. The fraction of sp³-hybridized carbons (Fsp3) is 0.500. The fourth-order valence-corrected chi connectivity index (χ4v) is 2.77. The van der Waals surface area contributed by atoms with E-state index in [0.717, 1.165) is 30.7 Å². The number of nitrogens with one attached hydrogen (secondary N) is 1. The molecule has 1 saturated heterocycles. The molecule has 18 heavy (non-hydrogen) atoms. The van der Waals surface area contributed by atoms with Gasteiger partial charge in [0.05, 0.1) is 5.52 Å². The van der Waals surface area contributed by atoms with Gasteiger partial charge in [-0.05, 0) is 45.5 Å². The molecular formula is C14H19N3O. The van der Waals surface area contributed by atoms with E-state index in [1.807, 2.05) is 12.1 Å². The van der Waals surface area contributed by atoms with Crippen LogP contribution in [-0.2, 0) is 0 Å². The lowest BCUT2D eigenvalue weighted by molar-refractivity contribution is 0.180. The molecule has 2 heterocycles. The van der Waals surface area contributed by atoms with Crippen LogP contribution in [0.2, 0.25) is 0 Å². The third-order valence-corrected chi connectivity index (χ3v) is 4.10. The molecule has 3 rings (SSSR count). The van der Waals surface area contributed by atoms with Crippen molar-refractivity contribution in [1.82, 2.24) is 14.9 Å². The Morgan fingerprint density at radius 1 is 1.44 bits per heavy atom. The molecule has 4 heteroatoms. The van der Waals surface area contributed by atoms with E-state index in [1.54, 1.807) is 6.07 Å². The second-order valence-corrected chi connectivity index (χ2v) is 5.35. The Labute approximate surface area is 107 Å². The minimum atomic E-state index is 0.260. The molecule has 0 unspecified atom stereocenters. The van der Waals surface area contributed by atoms with Gasteiger partial charge >= 0.3 is 0 Å². The molecule has 1 aromatic carbocycles. The fourth-order valence-electron chi connectivity index (χ4n) is 2.77. The van der Waals surface area contributed by atoms with Crippen LogP contribution in [0.1, 0.15) is 31.5 Å². The van der Waals surface area contributed by atoms with Gasteiger partial charge in [0.25, 0.3) is 0 Å². The predicted octanol–water partition coefficient (Wildman–Crippen LogP) is 2.47. The van der Waals surface area contributed by atoms with Gasteiger partial charge < -0.3 is 15.0 Å². The van der Waals surface area contributed by atoms with Crippen molar-refractivity contribution in [3.05, 3.63) is 24.0 Å². The minimum absolute atomic E-state index is 0.260. The monoisotopic (exact) mass is 245 g/mol. The Bertz CT molecular complexity index is 563. The summed E-state index contributed by atoms with van der Waals surface area (Å²) < 4.78 is 0. The zero-order valence-corrected chi connectivity index (χ0v) is 10.8. The highest BCUT2D eigenvalue weighted by molar-refractivity contribution is 5.81. The summed E-state index contributed by atoms with van der Waals surface area (Å²) in [5, 5.41) is 9.79. The molecule has 0 spiro atoms. The van der Waals surface area contributed by atoms with E-state index in [2.05, 4.69) is 28.8 Å². The van der Waals surface area contributed by atoms with E-state index in [1.165, 1.54) is 0 Å². The Kier molecular flexibility index (Phi) is 2.74. The van der Waals surface area contributed by atoms with Crippen LogP contribution in [0.25, 0.3) is 11.0 Å². The molecule has 4 nitrogen and oxygen atoms in total. The number of aromatic hydroxyl groups is 1. The number of likely N-dealkylation sites (tertiary alicyclic amines) is 1. The van der Waals surface area contributed by atoms with Crippen molar-refractivity contribution < 1.29 is 5.11 Å². The number of piperidine rings is 1. The SMILES string of the molecule is C[C@@H]1C[C@H](c2nc3c(O)cccc3[nH]2)CCN1C. The van der Waals surface area contributed by atoms with Gasteiger partial charge in [-0.1, -0.05) is 6.07 Å². The molecule has 0 radical (unpaired) electrons. The highest BCUT2D eigenvalue weighted by Crippen LogP contribution is 2.31. The third kappa shape index (κ3) is 1.86. The van der Waals surface area contributed by atoms with Gasteiger partial charge in [0.2, 0.25) is 0 Å². The zero-order valence-electron chi connectivity index (χ0n) is 10.8. The predicted molar refractivity (Wildman–Crippen MR) is 71.8 cm³/mol. The lowest BCUT2D eigenvalue weighted by Crippen LogP contribution is -2.37. The number of nitrogens with zero attached hydrogens (tertiary/aromatic N) is 2. The maximum absolute atomic E-state index is 9.79. The number of hydrogen-bond acceptors (Lipinski definition) is 3. The summed E-state index contributed by atoms with van der Waals surface area (Å²) in [5.74, 6) is 1.76. The van der Waals surface area contributed by atoms with E-state index in [9.17, 15) is 5.11 Å². The van der Waals surface area contributed by atoms with Gasteiger partial charge in [0.15, 0.2) is 0 Å². The number of para-hydroxylation sites is 1. The van der Waals surface area contributed by atoms with Crippen LogP contribution in [0, 0.1) is 0 Å². The molecule has 1 aromatic heterocycles. The molecule has 0 saturated carbocycles. The topological polar surface area (TPSA) is 52.2 Å². The molecule has 0 bridgehead atoms. The molecule has 0 aliphatic carbocycles. The van der Waals surface area contributed by atoms with E-state index < -0.39 is 0 Å². The van der Waals surface area contributed by atoms with Crippen LogP contribution < -0.4 is 0 Å². The molecule has 0 amide bonds. The molecule has 1 fully saturated rings. The summed E-state index contributed by atoms with van der Waals surface area (Å²) >= 11 is 0. The molecule has 96 valence electrons. The summed E-state index contributed by atoms with van der Waals surface area (Å²) in [5.41, 5.74) is 1.62. The van der Waals surface area contributed by atoms with Crippen LogP contribution >= 0.6 is 0 Å². The molecule has 1 aliphatic rings. The first-order valence-corrected chi connectivity index (χ1v) is 6.53. The van der Waals surface area contributed by atoms with Crippen molar-refractivity contribution in [3.63, 3.8) is 0 Å². The van der Waals surface area contributed by atoms with Crippen LogP contribution in [0.3, 0.4) is 0 Å². The van der Waals surface area contributed by atoms with Gasteiger partial charge in [-0.2, -0.15) is 0 Å². The second-order valence-electron chi connectivity index (χ2n) is 5.35. The molecule has 2 N–H and O–H groups in total. The van der Waals surface area contributed by atoms with Gasteiger partial charge in [-0.15, -0.1) is 0 Å². The summed E-state index contributed by atoms with van der Waals surface area (Å²) in [7, 11) is 2.17. The Morgan fingerprint density at radius 2 is 2.28 bits per heavy atom. The molecule has 2 atom stereocenters. The van der Waals surface area contributed by atoms with Crippen molar-refractivity contribution in [2.24, 2.45) is 0 Å². The van der Waals surface area contributed by atoms with Gasteiger partial charge in [0, 0.05) is 12.0 Å². The lowest BCUT2D eigenvalue weighted by atomic mass is 9.91. The second kappa shape index (κ2) is 4.28. The maximum atomic E-state index is 9.79. The number of aromatic amines is 1. The van der Waals surface area contributed by atoms with Crippen LogP contribution in [0.5, 0.6) is 5.75 Å². The molecular weight excluding hydrogens is 226 g/mol. The first-order chi connectivity index (χ1) is 8.65. The number of fused-ring (bicyclic) bond motifs is 1. The van der Waals surface area contributed by atoms with Crippen molar-refractivity contribution in [2.45, 2.75) is 31.7 Å². The number of phenols is 1. The van der Waals surface area contributed by atoms with E-state index >= 15 is 0 Å². The number of H-pyrrole nitrogens is 1. The van der Waals surface area contributed by atoms with Crippen molar-refractivity contribution in [2.75, 3.05) is 13.6 Å². The normalized spacial score (nSPS) is 25.7. The number of aromatic nitrogens is 2. The van der Waals surface area contributed by atoms with Crippen LogP contribution in [0.4, 0.5) is 0 Å². The van der Waals surface area contributed by atoms with Crippen LogP contribution in [0.15, 0.2) is 18.2 Å². The Hall–Kier alpha value is -1.55. The molecule has 2 aromatic rings. The zero-order chi connectivity index (χ0) is 12.7. The van der Waals surface area contributed by atoms with Gasteiger partial charge in [-0.3, -0.25) is 0 Å². The van der Waals surface area contributed by atoms with Gasteiger partial charge in [-0.25, -0.2) is 4.98 Å². The highest BCUT2D eigenvalue weighted by Gasteiger charge is 2.26. The maximum Gasteiger partial charge on any atom is 0.143 e. The average Bonchev–Trinajstić information content (AvgIpc) is 2.78. The van der Waals surface area contributed by atoms with Gasteiger partial charge in [0.1, 0.15) is 17.1 Å². The van der Waals surface area contributed by atoms with E-state index in [4.69, 9.17) is 0 Å². The first kappa shape index (κ1) is 11.5. The third-order valence-electron chi connectivity index (χ3n) is 4.10. The highest BCUT2D eigenvalue weighted by atomic mass is 16.3. The van der Waals surface area contributed by atoms with E-state index in [-0.39, 0.29) is 5.75 Å². The first-order valence-electron chi connectivity index (χ1n) is 6.53. The van der Waals surface area contributed by atoms with Crippen molar-refractivity contribution in [3.8, 4) is 5.75 Å². The quantitative estimate of drug-likeness (QED) is 0.811. The standard InChI is InChI=1S/C14H19N3O/c1-9-8-10(6-7-17(9)2)14-15-11-4-3-5-12(18)13(11)16-14/h3-5,9-10,18H,6-8H2,1-2H3,(H,15,16)/t9-,10-/m1/s1. The number of hydrogen-bond donors (Lipinski definition) is 2. The van der Waals surface area contributed by atoms with Crippen molar-refractivity contribution in [1.29, 1.82) is 0 Å². The van der Waals surface area contributed by atoms with Crippen LogP contribution in [-0.4, -0.2) is 39.6 Å². The Morgan fingerprint density at radius 3 is 3.00 bits per heavy atom. The van der Waals surface area contributed by atoms with E-state index in [0.29, 0.717) is 17.5 Å². The smallest absolute Gasteiger partial charge is 0.143 e. The molecule has 1 aliphatic heterocycles. The summed E-state index contributed by atoms with van der Waals surface area (Å²) in [4.78, 5) is 10.3. The summed E-state index contributed by atoms with van der Waals surface area (Å²) in [6, 6.07) is 6.08. The summed E-state index contributed by atoms with van der Waals surface area (Å²) in [6.07, 6.45) is 2.25. The number of phenolic OH excluding ortho intramolecular Hbond substituents is 1. The minimum Gasteiger partial charge on any atom is -0.506 e. The Balaban J connectivity index is 1.93. The number of rotatable bonds is 1. The average molecular weight is 245 g/mol. The number of imidazole rings is 1.